The van der Waals surface area contributed by atoms with E-state index in [1.165, 1.54) is 7.11 Å². The molecule has 0 spiro atoms. The molecule has 1 aliphatic carbocycles. The Hall–Kier alpha value is -3.56. The Morgan fingerprint density at radius 2 is 1.91 bits per heavy atom. The number of carbonyl (C=O) groups is 4. The summed E-state index contributed by atoms with van der Waals surface area (Å²) >= 11 is 0. The molecule has 1 saturated heterocycles. The van der Waals surface area contributed by atoms with Gasteiger partial charge >= 0.3 is 12.0 Å². The summed E-state index contributed by atoms with van der Waals surface area (Å²) in [6.45, 7) is 3.47. The number of methoxy groups -OCH3 is 1. The summed E-state index contributed by atoms with van der Waals surface area (Å²) in [7, 11) is 1.42. The Morgan fingerprint density at radius 3 is 2.59 bits per heavy atom. The van der Waals surface area contributed by atoms with Gasteiger partial charge in [0.2, 0.25) is 5.91 Å². The summed E-state index contributed by atoms with van der Waals surface area (Å²) < 4.78 is 10.7. The number of benzene rings is 1. The van der Waals surface area contributed by atoms with Gasteiger partial charge in [0.05, 0.1) is 13.0 Å². The first-order chi connectivity index (χ1) is 15.1. The minimum atomic E-state index is -1.13. The number of urea groups is 1. The van der Waals surface area contributed by atoms with Crippen LogP contribution in [-0.2, 0) is 14.4 Å². The lowest BCUT2D eigenvalue weighted by molar-refractivity contribution is -0.139. The second-order valence-corrected chi connectivity index (χ2v) is 9.01. The zero-order valence-electron chi connectivity index (χ0n) is 18.0. The van der Waals surface area contributed by atoms with Gasteiger partial charge in [-0.15, -0.1) is 0 Å². The highest BCUT2D eigenvalue weighted by molar-refractivity contribution is 6.04. The third-order valence-corrected chi connectivity index (χ3v) is 6.00. The fraction of sp³-hybridized carbons (Fsp3) is 0.455. The predicted octanol–water partition coefficient (Wildman–Crippen LogP) is 1.27. The molecular weight excluding hydrogens is 418 g/mol. The van der Waals surface area contributed by atoms with Crippen LogP contribution in [0.4, 0.5) is 4.79 Å². The Balaban J connectivity index is 1.82. The molecule has 3 atom stereocenters. The number of carbonyl (C=O) groups excluding carboxylic acids is 3. The van der Waals surface area contributed by atoms with E-state index >= 15 is 0 Å². The first-order valence-corrected chi connectivity index (χ1v) is 10.3. The molecule has 10 nitrogen and oxygen atoms in total. The number of carboxylic acids is 1. The van der Waals surface area contributed by atoms with Gasteiger partial charge < -0.3 is 25.2 Å². The van der Waals surface area contributed by atoms with Crippen LogP contribution in [0.1, 0.15) is 38.2 Å². The number of ether oxygens (including phenoxy) is 2. The van der Waals surface area contributed by atoms with Crippen LogP contribution in [0, 0.1) is 11.3 Å². The number of hydrogen-bond acceptors (Lipinski definition) is 7. The number of aliphatic carboxylic acids is 1. The lowest BCUT2D eigenvalue weighted by Gasteiger charge is -2.46. The second-order valence-electron chi connectivity index (χ2n) is 9.01. The van der Waals surface area contributed by atoms with Gasteiger partial charge in [-0.2, -0.15) is 0 Å². The standard InChI is InChI=1S/C22H25N3O7/c1-22(2)7-11-17(12(26)8-22)16(18-19(23-11)24-21(30)25-20(18)29)10-4-5-13(14(6-10)31-3)32-9-15(27)28/h4-6,16,18-19,23H,7-9H2,1-3H3,(H,27,28)(H2,24,25,29,30). The highest BCUT2D eigenvalue weighted by Gasteiger charge is 2.51. The molecular formula is C22H25N3O7. The molecule has 170 valence electrons. The molecule has 2 aliphatic heterocycles. The number of imide groups is 1. The summed E-state index contributed by atoms with van der Waals surface area (Å²) in [6, 6.07) is 4.30. The van der Waals surface area contributed by atoms with Gasteiger partial charge in [-0.25, -0.2) is 9.59 Å². The van der Waals surface area contributed by atoms with E-state index in [-0.39, 0.29) is 22.7 Å². The molecule has 10 heteroatoms. The van der Waals surface area contributed by atoms with E-state index in [0.29, 0.717) is 24.0 Å². The number of nitrogens with one attached hydrogen (secondary N) is 3. The van der Waals surface area contributed by atoms with Crippen LogP contribution in [0.5, 0.6) is 11.5 Å². The number of carboxylic acid groups (broad SMARTS) is 1. The molecule has 2 heterocycles. The van der Waals surface area contributed by atoms with Crippen molar-refractivity contribution in [2.45, 2.75) is 38.8 Å². The van der Waals surface area contributed by atoms with E-state index in [0.717, 1.165) is 5.70 Å². The molecule has 1 aromatic carbocycles. The number of allylic oxidation sites excluding steroid dienone is 2. The Labute approximate surface area is 184 Å². The van der Waals surface area contributed by atoms with Crippen LogP contribution in [0.15, 0.2) is 29.5 Å². The van der Waals surface area contributed by atoms with Gasteiger partial charge in [-0.1, -0.05) is 19.9 Å². The third-order valence-electron chi connectivity index (χ3n) is 6.00. The molecule has 3 aliphatic rings. The summed E-state index contributed by atoms with van der Waals surface area (Å²) in [5.74, 6) is -2.53. The summed E-state index contributed by atoms with van der Waals surface area (Å²) in [5, 5.41) is 17.1. The van der Waals surface area contributed by atoms with Crippen LogP contribution < -0.4 is 25.4 Å². The molecule has 4 rings (SSSR count). The van der Waals surface area contributed by atoms with Crippen LogP contribution in [0.3, 0.4) is 0 Å². The van der Waals surface area contributed by atoms with E-state index < -0.39 is 42.5 Å². The zero-order valence-corrected chi connectivity index (χ0v) is 18.0. The molecule has 0 bridgehead atoms. The number of rotatable bonds is 5. The maximum atomic E-state index is 13.2. The van der Waals surface area contributed by atoms with Gasteiger partial charge in [-0.05, 0) is 29.5 Å². The molecule has 32 heavy (non-hydrogen) atoms. The van der Waals surface area contributed by atoms with Crippen LogP contribution >= 0.6 is 0 Å². The average molecular weight is 443 g/mol. The third kappa shape index (κ3) is 3.88. The molecule has 1 fully saturated rings. The van der Waals surface area contributed by atoms with E-state index in [4.69, 9.17) is 14.6 Å². The minimum absolute atomic E-state index is 0.0536. The van der Waals surface area contributed by atoms with Gasteiger partial charge in [0.15, 0.2) is 23.9 Å². The normalized spacial score (nSPS) is 26.2. The quantitative estimate of drug-likeness (QED) is 0.533. The number of amides is 3. The summed E-state index contributed by atoms with van der Waals surface area (Å²) in [5.41, 5.74) is 1.62. The van der Waals surface area contributed by atoms with Crippen molar-refractivity contribution < 1.29 is 33.8 Å². The van der Waals surface area contributed by atoms with Crippen molar-refractivity contribution in [3.8, 4) is 11.5 Å². The summed E-state index contributed by atoms with van der Waals surface area (Å²) in [6.07, 6.45) is 0.268. The van der Waals surface area contributed by atoms with Crippen molar-refractivity contribution in [1.82, 2.24) is 16.0 Å². The largest absolute Gasteiger partial charge is 0.493 e. The predicted molar refractivity (Wildman–Crippen MR) is 111 cm³/mol. The fourth-order valence-electron chi connectivity index (χ4n) is 4.79. The van der Waals surface area contributed by atoms with Crippen LogP contribution in [0.2, 0.25) is 0 Å². The highest BCUT2D eigenvalue weighted by Crippen LogP contribution is 2.48. The van der Waals surface area contributed by atoms with Gasteiger partial charge in [0.1, 0.15) is 6.17 Å². The number of ketones is 1. The monoisotopic (exact) mass is 443 g/mol. The van der Waals surface area contributed by atoms with Crippen molar-refractivity contribution in [3.63, 3.8) is 0 Å². The number of hydrogen-bond donors (Lipinski definition) is 4. The van der Waals surface area contributed by atoms with E-state index in [1.54, 1.807) is 18.2 Å². The van der Waals surface area contributed by atoms with Gasteiger partial charge in [0, 0.05) is 23.6 Å². The molecule has 0 aromatic heterocycles. The zero-order chi connectivity index (χ0) is 23.2. The van der Waals surface area contributed by atoms with Crippen molar-refractivity contribution >= 4 is 23.7 Å². The average Bonchev–Trinajstić information content (AvgIpc) is 2.69. The Morgan fingerprint density at radius 1 is 1.16 bits per heavy atom. The van der Waals surface area contributed by atoms with E-state index in [2.05, 4.69) is 16.0 Å². The molecule has 0 saturated carbocycles. The topological polar surface area (TPSA) is 143 Å². The molecule has 0 radical (unpaired) electrons. The lowest BCUT2D eigenvalue weighted by Crippen LogP contribution is -2.66. The molecule has 3 unspecified atom stereocenters. The molecule has 3 amide bonds. The highest BCUT2D eigenvalue weighted by atomic mass is 16.5. The van der Waals surface area contributed by atoms with Crippen LogP contribution in [-0.4, -0.2) is 48.7 Å². The van der Waals surface area contributed by atoms with Crippen molar-refractivity contribution in [2.75, 3.05) is 13.7 Å². The summed E-state index contributed by atoms with van der Waals surface area (Å²) in [4.78, 5) is 48.9. The fourth-order valence-corrected chi connectivity index (χ4v) is 4.79. The van der Waals surface area contributed by atoms with E-state index in [9.17, 15) is 19.2 Å². The van der Waals surface area contributed by atoms with Crippen molar-refractivity contribution in [2.24, 2.45) is 11.3 Å². The first kappa shape index (κ1) is 21.7. The van der Waals surface area contributed by atoms with Crippen LogP contribution in [0.25, 0.3) is 0 Å². The SMILES string of the molecule is COc1cc(C2C3=C(CC(C)(C)CC3=O)NC3NC(=O)NC(=O)C32)ccc1OCC(=O)O. The number of Topliss-reactive ketones (excluding diaryl/α,β-unsaturated/α-hetero) is 1. The molecule has 1 aromatic rings. The Kier molecular flexibility index (Phi) is 5.31. The smallest absolute Gasteiger partial charge is 0.341 e. The van der Waals surface area contributed by atoms with Gasteiger partial charge in [0.25, 0.3) is 0 Å². The van der Waals surface area contributed by atoms with Crippen molar-refractivity contribution in [1.29, 1.82) is 0 Å². The maximum absolute atomic E-state index is 13.2. The minimum Gasteiger partial charge on any atom is -0.493 e. The van der Waals surface area contributed by atoms with Gasteiger partial charge in [-0.3, -0.25) is 14.9 Å². The lowest BCUT2D eigenvalue weighted by atomic mass is 9.66. The van der Waals surface area contributed by atoms with E-state index in [1.807, 2.05) is 13.8 Å². The van der Waals surface area contributed by atoms with Crippen molar-refractivity contribution in [3.05, 3.63) is 35.0 Å². The first-order valence-electron chi connectivity index (χ1n) is 10.3. The second kappa shape index (κ2) is 7.85. The maximum Gasteiger partial charge on any atom is 0.341 e. The molecule has 4 N–H and O–H groups in total. The number of fused-ring (bicyclic) bond motifs is 1. The Bertz CT molecular complexity index is 1050.